The number of aryl methyl sites for hydroxylation is 1. The highest BCUT2D eigenvalue weighted by Gasteiger charge is 2.13. The molecule has 0 aliphatic rings. The van der Waals surface area contributed by atoms with E-state index in [2.05, 4.69) is 20.3 Å². The molecule has 0 bridgehead atoms. The molecule has 0 amide bonds. The molecule has 4 aromatic rings. The average Bonchev–Trinajstić information content (AvgIpc) is 3.20. The summed E-state index contributed by atoms with van der Waals surface area (Å²) in [4.78, 5) is 14.3. The molecule has 26 heavy (non-hydrogen) atoms. The van der Waals surface area contributed by atoms with Crippen LogP contribution in [0.4, 0.5) is 5.82 Å². The molecule has 1 N–H and O–H groups in total. The van der Waals surface area contributed by atoms with Gasteiger partial charge in [-0.1, -0.05) is 40.9 Å². The summed E-state index contributed by atoms with van der Waals surface area (Å²) < 4.78 is 2.49. The molecule has 0 saturated heterocycles. The quantitative estimate of drug-likeness (QED) is 0.452. The lowest BCUT2D eigenvalue weighted by Gasteiger charge is -2.10. The number of halogens is 3. The maximum atomic E-state index is 6.19. The Labute approximate surface area is 168 Å². The molecule has 1 aromatic carbocycles. The Hall–Kier alpha value is -1.86. The van der Waals surface area contributed by atoms with Crippen LogP contribution in [0.3, 0.4) is 0 Å². The number of hydrogen-bond donors (Lipinski definition) is 1. The molecule has 0 fully saturated rings. The van der Waals surface area contributed by atoms with E-state index < -0.39 is 0 Å². The number of thiophene rings is 1. The van der Waals surface area contributed by atoms with E-state index in [0.717, 1.165) is 21.6 Å². The van der Waals surface area contributed by atoms with Crippen LogP contribution in [-0.4, -0.2) is 19.5 Å². The van der Waals surface area contributed by atoms with Gasteiger partial charge in [0.1, 0.15) is 16.5 Å². The van der Waals surface area contributed by atoms with Crippen molar-refractivity contribution in [2.75, 3.05) is 5.32 Å². The molecular weight excluding hydrogens is 413 g/mol. The zero-order valence-electron chi connectivity index (χ0n) is 13.5. The van der Waals surface area contributed by atoms with Crippen LogP contribution in [0.5, 0.6) is 0 Å². The first-order chi connectivity index (χ1) is 12.5. The second-order valence-corrected chi connectivity index (χ2v) is 8.06. The van der Waals surface area contributed by atoms with Gasteiger partial charge in [-0.25, -0.2) is 9.97 Å². The van der Waals surface area contributed by atoms with Crippen LogP contribution in [0.25, 0.3) is 16.2 Å². The van der Waals surface area contributed by atoms with Gasteiger partial charge in [0.2, 0.25) is 5.95 Å². The van der Waals surface area contributed by atoms with Crippen LogP contribution in [0.15, 0.2) is 36.7 Å². The van der Waals surface area contributed by atoms with Crippen molar-refractivity contribution < 1.29 is 0 Å². The molecule has 0 aliphatic heterocycles. The number of hydrogen-bond acceptors (Lipinski definition) is 5. The van der Waals surface area contributed by atoms with E-state index in [4.69, 9.17) is 34.8 Å². The topological polar surface area (TPSA) is 55.6 Å². The zero-order valence-corrected chi connectivity index (χ0v) is 16.6. The average molecular weight is 425 g/mol. The minimum atomic E-state index is 0.520. The summed E-state index contributed by atoms with van der Waals surface area (Å²) >= 11 is 19.7. The van der Waals surface area contributed by atoms with Crippen molar-refractivity contribution in [2.45, 2.75) is 13.5 Å². The minimum Gasteiger partial charge on any atom is -0.365 e. The molecule has 5 nitrogen and oxygen atoms in total. The normalized spacial score (nSPS) is 11.2. The van der Waals surface area contributed by atoms with Crippen molar-refractivity contribution in [2.24, 2.45) is 0 Å². The van der Waals surface area contributed by atoms with Crippen molar-refractivity contribution in [1.29, 1.82) is 0 Å². The summed E-state index contributed by atoms with van der Waals surface area (Å²) in [5.41, 5.74) is 0.993. The molecule has 0 aliphatic carbocycles. The fraction of sp³-hybridized carbons (Fsp3) is 0.118. The third-order valence-electron chi connectivity index (χ3n) is 3.84. The van der Waals surface area contributed by atoms with E-state index in [9.17, 15) is 0 Å². The largest absolute Gasteiger partial charge is 0.365 e. The first kappa shape index (κ1) is 17.5. The predicted molar refractivity (Wildman–Crippen MR) is 108 cm³/mol. The minimum absolute atomic E-state index is 0.520. The Morgan fingerprint density at radius 1 is 1.12 bits per heavy atom. The molecule has 0 saturated carbocycles. The smallest absolute Gasteiger partial charge is 0.238 e. The molecule has 0 unspecified atom stereocenters. The van der Waals surface area contributed by atoms with Gasteiger partial charge in [-0.05, 0) is 30.7 Å². The molecule has 0 spiro atoms. The lowest BCUT2D eigenvalue weighted by molar-refractivity contribution is 0.893. The van der Waals surface area contributed by atoms with Crippen molar-refractivity contribution in [3.8, 4) is 5.95 Å². The summed E-state index contributed by atoms with van der Waals surface area (Å²) in [6.07, 6.45) is 3.54. The van der Waals surface area contributed by atoms with Crippen LogP contribution in [-0.2, 0) is 6.54 Å². The summed E-state index contributed by atoms with van der Waals surface area (Å²) in [5, 5.41) is 5.27. The Balaban J connectivity index is 1.73. The van der Waals surface area contributed by atoms with E-state index in [1.807, 2.05) is 35.9 Å². The summed E-state index contributed by atoms with van der Waals surface area (Å²) in [7, 11) is 0. The summed E-state index contributed by atoms with van der Waals surface area (Å²) in [6.45, 7) is 2.44. The number of rotatable bonds is 4. The lowest BCUT2D eigenvalue weighted by Crippen LogP contribution is -2.07. The Morgan fingerprint density at radius 3 is 2.69 bits per heavy atom. The van der Waals surface area contributed by atoms with Crippen molar-refractivity contribution in [1.82, 2.24) is 19.5 Å². The molecule has 0 radical (unpaired) electrons. The van der Waals surface area contributed by atoms with E-state index in [0.29, 0.717) is 32.7 Å². The highest BCUT2D eigenvalue weighted by Crippen LogP contribution is 2.33. The van der Waals surface area contributed by atoms with Gasteiger partial charge in [0, 0.05) is 18.9 Å². The van der Waals surface area contributed by atoms with E-state index >= 15 is 0 Å². The van der Waals surface area contributed by atoms with Crippen LogP contribution in [0, 0.1) is 6.92 Å². The van der Waals surface area contributed by atoms with Gasteiger partial charge < -0.3 is 5.32 Å². The van der Waals surface area contributed by atoms with Gasteiger partial charge in [0.25, 0.3) is 0 Å². The second kappa shape index (κ2) is 7.04. The number of imidazole rings is 1. The first-order valence-electron chi connectivity index (χ1n) is 7.66. The van der Waals surface area contributed by atoms with E-state index in [1.54, 1.807) is 12.3 Å². The molecule has 9 heteroatoms. The fourth-order valence-corrected chi connectivity index (χ4v) is 3.95. The fourth-order valence-electron chi connectivity index (χ4n) is 2.55. The number of anilines is 1. The maximum absolute atomic E-state index is 6.19. The maximum Gasteiger partial charge on any atom is 0.238 e. The first-order valence-corrected chi connectivity index (χ1v) is 9.61. The lowest BCUT2D eigenvalue weighted by atomic mass is 10.2. The highest BCUT2D eigenvalue weighted by atomic mass is 35.5. The zero-order chi connectivity index (χ0) is 18.3. The van der Waals surface area contributed by atoms with Crippen LogP contribution >= 0.6 is 46.1 Å². The number of nitrogens with zero attached hydrogens (tertiary/aromatic N) is 4. The SMILES string of the molecule is Cc1nccn1-c1nc(NCc2ccc(Cl)c(Cl)c2)c2cc(Cl)sc2n1. The van der Waals surface area contributed by atoms with Gasteiger partial charge in [-0.15, -0.1) is 11.3 Å². The van der Waals surface area contributed by atoms with Gasteiger partial charge in [0.05, 0.1) is 19.8 Å². The van der Waals surface area contributed by atoms with Crippen LogP contribution < -0.4 is 5.32 Å². The third kappa shape index (κ3) is 3.38. The van der Waals surface area contributed by atoms with Crippen LogP contribution in [0.1, 0.15) is 11.4 Å². The Morgan fingerprint density at radius 2 is 1.96 bits per heavy atom. The van der Waals surface area contributed by atoms with E-state index in [-0.39, 0.29) is 0 Å². The van der Waals surface area contributed by atoms with Gasteiger partial charge in [0.15, 0.2) is 0 Å². The predicted octanol–water partition coefficient (Wildman–Crippen LogP) is 5.76. The van der Waals surface area contributed by atoms with Gasteiger partial charge in [-0.3, -0.25) is 4.57 Å². The standard InChI is InChI=1S/C17H12Cl3N5S/c1-9-21-4-5-25(9)17-23-15(11-7-14(20)26-16(11)24-17)22-8-10-2-3-12(18)13(19)6-10/h2-7H,8H2,1H3,(H,22,23,24). The molecule has 3 aromatic heterocycles. The van der Waals surface area contributed by atoms with Crippen LogP contribution in [0.2, 0.25) is 14.4 Å². The molecule has 4 rings (SSSR count). The number of nitrogens with one attached hydrogen (secondary N) is 1. The second-order valence-electron chi connectivity index (χ2n) is 5.59. The number of fused-ring (bicyclic) bond motifs is 1. The molecule has 3 heterocycles. The van der Waals surface area contributed by atoms with Gasteiger partial charge in [-0.2, -0.15) is 4.98 Å². The molecular formula is C17H12Cl3N5S. The Kier molecular flexibility index (Phi) is 4.75. The highest BCUT2D eigenvalue weighted by molar-refractivity contribution is 7.22. The molecule has 0 atom stereocenters. The Bertz CT molecular complexity index is 1110. The van der Waals surface area contributed by atoms with Crippen molar-refractivity contribution >= 4 is 62.2 Å². The van der Waals surface area contributed by atoms with Crippen molar-refractivity contribution in [3.63, 3.8) is 0 Å². The molecule has 132 valence electrons. The third-order valence-corrected chi connectivity index (χ3v) is 5.73. The van der Waals surface area contributed by atoms with Gasteiger partial charge >= 0.3 is 0 Å². The summed E-state index contributed by atoms with van der Waals surface area (Å²) in [6, 6.07) is 7.39. The number of benzene rings is 1. The monoisotopic (exact) mass is 423 g/mol. The number of aromatic nitrogens is 4. The van der Waals surface area contributed by atoms with E-state index in [1.165, 1.54) is 11.3 Å². The summed E-state index contributed by atoms with van der Waals surface area (Å²) in [5.74, 6) is 2.05. The van der Waals surface area contributed by atoms with Crippen molar-refractivity contribution in [3.05, 3.63) is 62.4 Å².